The lowest BCUT2D eigenvalue weighted by molar-refractivity contribution is -0.105. The van der Waals surface area contributed by atoms with E-state index in [0.29, 0.717) is 24.6 Å². The van der Waals surface area contributed by atoms with Crippen molar-refractivity contribution >= 4 is 23.4 Å². The van der Waals surface area contributed by atoms with Gasteiger partial charge in [-0.2, -0.15) is 13.2 Å². The monoisotopic (exact) mass is 562 g/mol. The van der Waals surface area contributed by atoms with Gasteiger partial charge in [-0.3, -0.25) is 9.69 Å². The Morgan fingerprint density at radius 3 is 2.48 bits per heavy atom. The molecular weight excluding hydrogens is 521 g/mol. The van der Waals surface area contributed by atoms with Crippen LogP contribution in [-0.4, -0.2) is 92.7 Å². The van der Waals surface area contributed by atoms with Crippen LogP contribution in [0.5, 0.6) is 5.75 Å². The minimum Gasteiger partial charge on any atom is -0.497 e. The lowest BCUT2D eigenvalue weighted by Crippen LogP contribution is -2.50. The molecule has 0 N–H and O–H groups in total. The predicted molar refractivity (Wildman–Crippen MR) is 153 cm³/mol. The van der Waals surface area contributed by atoms with Crippen molar-refractivity contribution in [3.63, 3.8) is 0 Å². The van der Waals surface area contributed by atoms with Crippen molar-refractivity contribution in [3.8, 4) is 5.75 Å². The van der Waals surface area contributed by atoms with Crippen LogP contribution < -0.4 is 4.74 Å². The number of rotatable bonds is 7. The number of alkyl halides is 3. The number of allylic oxidation sites excluding steroid dienone is 5. The lowest BCUT2D eigenvalue weighted by Gasteiger charge is -2.35. The van der Waals surface area contributed by atoms with Gasteiger partial charge in [0.05, 0.1) is 19.3 Å². The summed E-state index contributed by atoms with van der Waals surface area (Å²) in [7, 11) is 3.64. The SMILES string of the molecule is CC/C=C(/c1cc(OC)ccc1N=C(C)C(F)(F)F)N1COC(N2CCN(C)CC2)C1.CC1=CC=C(C=O)CC1. The molecule has 7 nitrogen and oxygen atoms in total. The Balaban J connectivity index is 0.000000415. The van der Waals surface area contributed by atoms with Crippen LogP contribution in [0.3, 0.4) is 0 Å². The largest absolute Gasteiger partial charge is 0.497 e. The van der Waals surface area contributed by atoms with E-state index in [-0.39, 0.29) is 11.9 Å². The van der Waals surface area contributed by atoms with Gasteiger partial charge in [0, 0.05) is 37.4 Å². The summed E-state index contributed by atoms with van der Waals surface area (Å²) in [5, 5.41) is 0. The first-order valence-electron chi connectivity index (χ1n) is 13.7. The molecule has 220 valence electrons. The Bertz CT molecular complexity index is 1140. The number of piperazine rings is 1. The molecule has 2 aliphatic heterocycles. The van der Waals surface area contributed by atoms with Crippen LogP contribution in [0, 0.1) is 0 Å². The third-order valence-corrected chi connectivity index (χ3v) is 7.20. The van der Waals surface area contributed by atoms with Gasteiger partial charge in [-0.1, -0.05) is 30.7 Å². The summed E-state index contributed by atoms with van der Waals surface area (Å²) in [4.78, 5) is 20.8. The van der Waals surface area contributed by atoms with Crippen LogP contribution in [0.4, 0.5) is 18.9 Å². The van der Waals surface area contributed by atoms with Crippen molar-refractivity contribution in [1.82, 2.24) is 14.7 Å². The highest BCUT2D eigenvalue weighted by molar-refractivity contribution is 5.91. The summed E-state index contributed by atoms with van der Waals surface area (Å²) in [6, 6.07) is 4.94. The average Bonchev–Trinajstić information content (AvgIpc) is 3.43. The second-order valence-electron chi connectivity index (χ2n) is 10.3. The first-order valence-corrected chi connectivity index (χ1v) is 13.7. The fourth-order valence-corrected chi connectivity index (χ4v) is 4.62. The average molecular weight is 563 g/mol. The van der Waals surface area contributed by atoms with Crippen molar-refractivity contribution in [2.45, 2.75) is 52.4 Å². The Morgan fingerprint density at radius 1 is 1.18 bits per heavy atom. The predicted octanol–water partition coefficient (Wildman–Crippen LogP) is 5.82. The molecule has 1 aromatic carbocycles. The molecular formula is C30H41F3N4O3. The van der Waals surface area contributed by atoms with Gasteiger partial charge in [0.2, 0.25) is 0 Å². The number of methoxy groups -OCH3 is 1. The summed E-state index contributed by atoms with van der Waals surface area (Å²) in [5.41, 5.74) is 3.07. The quantitative estimate of drug-likeness (QED) is 0.309. The summed E-state index contributed by atoms with van der Waals surface area (Å²) in [5.74, 6) is 0.566. The van der Waals surface area contributed by atoms with Crippen molar-refractivity contribution < 1.29 is 27.4 Å². The summed E-state index contributed by atoms with van der Waals surface area (Å²) in [6.45, 7) is 9.93. The highest BCUT2D eigenvalue weighted by atomic mass is 19.4. The Labute approximate surface area is 235 Å². The molecule has 1 unspecified atom stereocenters. The molecule has 1 aromatic rings. The molecule has 2 saturated heterocycles. The van der Waals surface area contributed by atoms with E-state index in [1.165, 1.54) is 12.7 Å². The molecule has 2 heterocycles. The van der Waals surface area contributed by atoms with E-state index in [0.717, 1.165) is 69.9 Å². The minimum atomic E-state index is -4.48. The highest BCUT2D eigenvalue weighted by Gasteiger charge is 2.34. The summed E-state index contributed by atoms with van der Waals surface area (Å²) < 4.78 is 50.8. The standard InChI is InChI=1S/C22H31F3N4O2.C8H10O/c1-5-6-20(29-14-21(31-15-29)28-11-9-27(3)10-12-28)18-13-17(30-4)7-8-19(18)26-16(2)22(23,24)25;1-7-2-4-8(6-9)5-3-7/h6-8,13,21H,5,9-12,14-15H2,1-4H3;2,4,6H,3,5H2,1H3/b20-6-,26-16?;. The van der Waals surface area contributed by atoms with Gasteiger partial charge in [-0.25, -0.2) is 4.99 Å². The number of ether oxygens (including phenoxy) is 2. The molecule has 0 bridgehead atoms. The first kappa shape index (κ1) is 31.6. The van der Waals surface area contributed by atoms with Gasteiger partial charge < -0.3 is 19.3 Å². The zero-order valence-corrected chi connectivity index (χ0v) is 24.1. The third kappa shape index (κ3) is 8.78. The van der Waals surface area contributed by atoms with Gasteiger partial charge in [-0.15, -0.1) is 0 Å². The van der Waals surface area contributed by atoms with Crippen molar-refractivity contribution in [2.75, 3.05) is 53.6 Å². The molecule has 0 spiro atoms. The number of hydrogen-bond donors (Lipinski definition) is 0. The van der Waals surface area contributed by atoms with Crippen molar-refractivity contribution in [3.05, 3.63) is 53.1 Å². The second kappa shape index (κ2) is 14.6. The van der Waals surface area contributed by atoms with Gasteiger partial charge in [0.1, 0.15) is 30.7 Å². The molecule has 1 atom stereocenters. The number of halogens is 3. The van der Waals surface area contributed by atoms with Crippen LogP contribution in [0.1, 0.15) is 45.6 Å². The van der Waals surface area contributed by atoms with E-state index in [1.807, 2.05) is 25.2 Å². The number of carbonyl (C=O) groups is 1. The number of likely N-dealkylation sites (N-methyl/N-ethyl adjacent to an activating group) is 1. The topological polar surface area (TPSA) is 57.6 Å². The van der Waals surface area contributed by atoms with Crippen molar-refractivity contribution in [1.29, 1.82) is 0 Å². The number of hydrogen-bond acceptors (Lipinski definition) is 7. The lowest BCUT2D eigenvalue weighted by atomic mass is 10.0. The summed E-state index contributed by atoms with van der Waals surface area (Å²) in [6.07, 6.45) is 5.02. The number of aldehydes is 1. The van der Waals surface area contributed by atoms with E-state index in [1.54, 1.807) is 18.2 Å². The third-order valence-electron chi connectivity index (χ3n) is 7.20. The minimum absolute atomic E-state index is 0.0385. The zero-order valence-electron chi connectivity index (χ0n) is 24.1. The van der Waals surface area contributed by atoms with Crippen LogP contribution in [0.25, 0.3) is 5.70 Å². The molecule has 1 aliphatic carbocycles. The molecule has 0 aromatic heterocycles. The van der Waals surface area contributed by atoms with Gasteiger partial charge in [0.15, 0.2) is 0 Å². The maximum Gasteiger partial charge on any atom is 0.429 e. The number of carbonyl (C=O) groups excluding carboxylic acids is 1. The van der Waals surface area contributed by atoms with Gasteiger partial charge >= 0.3 is 6.18 Å². The number of benzene rings is 1. The van der Waals surface area contributed by atoms with Gasteiger partial charge in [-0.05, 0) is 63.9 Å². The Kier molecular flexibility index (Phi) is 11.5. The van der Waals surface area contributed by atoms with E-state index in [4.69, 9.17) is 9.47 Å². The van der Waals surface area contributed by atoms with Gasteiger partial charge in [0.25, 0.3) is 0 Å². The molecule has 4 rings (SSSR count). The molecule has 0 amide bonds. The van der Waals surface area contributed by atoms with Crippen LogP contribution in [0.15, 0.2) is 52.6 Å². The maximum atomic E-state index is 13.1. The molecule has 0 saturated carbocycles. The molecule has 10 heteroatoms. The van der Waals surface area contributed by atoms with Crippen molar-refractivity contribution in [2.24, 2.45) is 4.99 Å². The Hall–Kier alpha value is -2.95. The maximum absolute atomic E-state index is 13.1. The normalized spacial score (nSPS) is 21.4. The van der Waals surface area contributed by atoms with Crippen LogP contribution in [-0.2, 0) is 9.53 Å². The van der Waals surface area contributed by atoms with E-state index >= 15 is 0 Å². The second-order valence-corrected chi connectivity index (χ2v) is 10.3. The van der Waals surface area contributed by atoms with E-state index in [9.17, 15) is 18.0 Å². The fraction of sp³-hybridized carbons (Fsp3) is 0.533. The molecule has 40 heavy (non-hydrogen) atoms. The number of nitrogens with zero attached hydrogens (tertiary/aromatic N) is 4. The highest BCUT2D eigenvalue weighted by Crippen LogP contribution is 2.36. The van der Waals surface area contributed by atoms with E-state index in [2.05, 4.69) is 33.7 Å². The summed E-state index contributed by atoms with van der Waals surface area (Å²) >= 11 is 0. The smallest absolute Gasteiger partial charge is 0.429 e. The van der Waals surface area contributed by atoms with Crippen LogP contribution >= 0.6 is 0 Å². The van der Waals surface area contributed by atoms with Crippen LogP contribution in [0.2, 0.25) is 0 Å². The Morgan fingerprint density at radius 2 is 1.90 bits per heavy atom. The first-order chi connectivity index (χ1) is 19.0. The van der Waals surface area contributed by atoms with E-state index < -0.39 is 11.9 Å². The molecule has 3 aliphatic rings. The number of aliphatic imine (C=N–C) groups is 1. The zero-order chi connectivity index (χ0) is 29.3. The molecule has 2 fully saturated rings. The molecule has 0 radical (unpaired) electrons. The fourth-order valence-electron chi connectivity index (χ4n) is 4.62.